The molecule has 0 unspecified atom stereocenters. The van der Waals surface area contributed by atoms with Gasteiger partial charge in [-0.2, -0.15) is 4.73 Å². The fourth-order valence-electron chi connectivity index (χ4n) is 0.571. The molecule has 2 nitrogen and oxygen atoms in total. The van der Waals surface area contributed by atoms with Crippen LogP contribution in [-0.4, -0.2) is 9.94 Å². The molecule has 0 saturated carbocycles. The molecule has 1 aromatic rings. The first kappa shape index (κ1) is 10.5. The molecule has 0 radical (unpaired) electrons. The van der Waals surface area contributed by atoms with Crippen molar-refractivity contribution in [1.29, 1.82) is 0 Å². The first-order chi connectivity index (χ1) is 5.46. The van der Waals surface area contributed by atoms with E-state index in [4.69, 9.17) is 47.0 Å². The van der Waals surface area contributed by atoms with Gasteiger partial charge in [-0.05, 0) is 0 Å². The molecule has 1 aromatic heterocycles. The first-order valence-electron chi connectivity index (χ1n) is 2.64. The Morgan fingerprint density at radius 3 is 2.25 bits per heavy atom. The molecular formula is C5H2Cl3NOS2. The van der Waals surface area contributed by atoms with Crippen LogP contribution in [0.1, 0.15) is 0 Å². The Balaban J connectivity index is 3.73. The summed E-state index contributed by atoms with van der Waals surface area (Å²) in [6.07, 6.45) is 0. The van der Waals surface area contributed by atoms with Crippen molar-refractivity contribution in [3.8, 4) is 0 Å². The van der Waals surface area contributed by atoms with E-state index in [1.165, 1.54) is 0 Å². The quantitative estimate of drug-likeness (QED) is 0.322. The van der Waals surface area contributed by atoms with Gasteiger partial charge in [0, 0.05) is 0 Å². The summed E-state index contributed by atoms with van der Waals surface area (Å²) >= 11 is 25.5. The van der Waals surface area contributed by atoms with Crippen molar-refractivity contribution in [1.82, 2.24) is 4.73 Å². The van der Waals surface area contributed by atoms with Crippen molar-refractivity contribution in [3.63, 3.8) is 0 Å². The van der Waals surface area contributed by atoms with Gasteiger partial charge in [-0.1, -0.05) is 47.0 Å². The Bertz CT molecular complexity index is 357. The zero-order valence-corrected chi connectivity index (χ0v) is 9.36. The Morgan fingerprint density at radius 2 is 1.75 bits per heavy atom. The summed E-state index contributed by atoms with van der Waals surface area (Å²) in [5.41, 5.74) is 0. The van der Waals surface area contributed by atoms with Gasteiger partial charge < -0.3 is 5.21 Å². The summed E-state index contributed by atoms with van der Waals surface area (Å²) in [7, 11) is 0. The SMILES string of the molecule is On1c(Cl)c(Cl)c(Cl)c(S)c1=S. The molecule has 0 atom stereocenters. The fraction of sp³-hybridized carbons (Fsp3) is 0. The minimum absolute atomic E-state index is 0.0257. The smallest absolute Gasteiger partial charge is 0.167 e. The maximum Gasteiger partial charge on any atom is 0.167 e. The fourth-order valence-corrected chi connectivity index (χ4v) is 1.72. The Morgan fingerprint density at radius 1 is 1.25 bits per heavy atom. The van der Waals surface area contributed by atoms with Crippen LogP contribution >= 0.6 is 59.6 Å². The number of pyridine rings is 1. The summed E-state index contributed by atoms with van der Waals surface area (Å²) < 4.78 is 0.575. The number of aromatic nitrogens is 1. The lowest BCUT2D eigenvalue weighted by Gasteiger charge is -2.06. The molecule has 0 bridgehead atoms. The molecule has 0 fully saturated rings. The van der Waals surface area contributed by atoms with Crippen LogP contribution in [0.5, 0.6) is 0 Å². The first-order valence-corrected chi connectivity index (χ1v) is 4.63. The molecule has 0 amide bonds. The molecule has 1 N–H and O–H groups in total. The zero-order chi connectivity index (χ0) is 9.46. The predicted molar refractivity (Wildman–Crippen MR) is 54.7 cm³/mol. The Hall–Kier alpha value is 0.390. The lowest BCUT2D eigenvalue weighted by Crippen LogP contribution is -1.98. The standard InChI is InChI=1S/C5H2Cl3NOS2/c6-1-2(7)4(8)9(10)5(12)3(1)11/h10-11H. The topological polar surface area (TPSA) is 25.2 Å². The largest absolute Gasteiger partial charge is 0.426 e. The van der Waals surface area contributed by atoms with E-state index >= 15 is 0 Å². The summed E-state index contributed by atoms with van der Waals surface area (Å²) in [5, 5.41) is 9.23. The van der Waals surface area contributed by atoms with E-state index in [1.807, 2.05) is 0 Å². The molecule has 0 aromatic carbocycles. The minimum Gasteiger partial charge on any atom is -0.426 e. The third-order valence-electron chi connectivity index (χ3n) is 1.16. The Kier molecular flexibility index (Phi) is 3.17. The van der Waals surface area contributed by atoms with Crippen LogP contribution in [0.3, 0.4) is 0 Å². The molecule has 0 saturated heterocycles. The van der Waals surface area contributed by atoms with E-state index in [1.54, 1.807) is 0 Å². The highest BCUT2D eigenvalue weighted by Gasteiger charge is 2.13. The predicted octanol–water partition coefficient (Wildman–Crippen LogP) is 3.70. The molecule has 1 heterocycles. The molecule has 12 heavy (non-hydrogen) atoms. The number of rotatable bonds is 0. The number of hydrogen-bond donors (Lipinski definition) is 2. The maximum atomic E-state index is 9.18. The van der Waals surface area contributed by atoms with Crippen LogP contribution in [0.25, 0.3) is 0 Å². The molecule has 7 heteroatoms. The van der Waals surface area contributed by atoms with Crippen LogP contribution < -0.4 is 0 Å². The van der Waals surface area contributed by atoms with Gasteiger partial charge in [0.2, 0.25) is 0 Å². The van der Waals surface area contributed by atoms with Crippen molar-refractivity contribution >= 4 is 59.6 Å². The van der Waals surface area contributed by atoms with Crippen molar-refractivity contribution in [3.05, 3.63) is 19.8 Å². The highest BCUT2D eigenvalue weighted by Crippen LogP contribution is 2.34. The molecule has 0 aliphatic rings. The number of halogens is 3. The van der Waals surface area contributed by atoms with Crippen LogP contribution in [-0.2, 0) is 0 Å². The molecule has 0 aliphatic heterocycles. The van der Waals surface area contributed by atoms with Gasteiger partial charge in [-0.15, -0.1) is 12.6 Å². The third-order valence-corrected chi connectivity index (χ3v) is 3.55. The van der Waals surface area contributed by atoms with Gasteiger partial charge in [0.1, 0.15) is 0 Å². The monoisotopic (exact) mass is 261 g/mol. The summed E-state index contributed by atoms with van der Waals surface area (Å²) in [4.78, 5) is 0.226. The van der Waals surface area contributed by atoms with E-state index < -0.39 is 0 Å². The number of nitrogens with zero attached hydrogens (tertiary/aromatic N) is 1. The average molecular weight is 263 g/mol. The average Bonchev–Trinajstić information content (AvgIpc) is 2.08. The second kappa shape index (κ2) is 3.64. The van der Waals surface area contributed by atoms with Gasteiger partial charge in [-0.3, -0.25) is 0 Å². The molecule has 1 rings (SSSR count). The maximum absolute atomic E-state index is 9.18. The molecule has 0 aliphatic carbocycles. The highest BCUT2D eigenvalue weighted by molar-refractivity contribution is 7.81. The van der Waals surface area contributed by atoms with Crippen LogP contribution in [0.2, 0.25) is 15.2 Å². The highest BCUT2D eigenvalue weighted by atomic mass is 35.5. The minimum atomic E-state index is -0.121. The van der Waals surface area contributed by atoms with Gasteiger partial charge in [0.25, 0.3) is 0 Å². The lowest BCUT2D eigenvalue weighted by atomic mass is 10.5. The van der Waals surface area contributed by atoms with Crippen molar-refractivity contribution < 1.29 is 5.21 Å². The second-order valence-electron chi connectivity index (χ2n) is 1.88. The van der Waals surface area contributed by atoms with Gasteiger partial charge >= 0.3 is 0 Å². The van der Waals surface area contributed by atoms with E-state index in [-0.39, 0.29) is 24.7 Å². The Labute approximate surface area is 94.0 Å². The third kappa shape index (κ3) is 1.54. The van der Waals surface area contributed by atoms with Crippen LogP contribution in [0, 0.1) is 4.64 Å². The number of hydrogen-bond acceptors (Lipinski definition) is 3. The molecule has 66 valence electrons. The van der Waals surface area contributed by atoms with Crippen molar-refractivity contribution in [2.24, 2.45) is 0 Å². The van der Waals surface area contributed by atoms with Gasteiger partial charge in [-0.25, -0.2) is 0 Å². The second-order valence-corrected chi connectivity index (χ2v) is 3.83. The zero-order valence-electron chi connectivity index (χ0n) is 5.38. The molecule has 0 spiro atoms. The summed E-state index contributed by atoms with van der Waals surface area (Å²) in [6, 6.07) is 0. The van der Waals surface area contributed by atoms with Crippen LogP contribution in [0.4, 0.5) is 0 Å². The van der Waals surface area contributed by atoms with Gasteiger partial charge in [0.05, 0.1) is 14.9 Å². The van der Waals surface area contributed by atoms with Crippen molar-refractivity contribution in [2.75, 3.05) is 0 Å². The van der Waals surface area contributed by atoms with Gasteiger partial charge in [0.15, 0.2) is 9.79 Å². The summed E-state index contributed by atoms with van der Waals surface area (Å²) in [5.74, 6) is 0. The van der Waals surface area contributed by atoms with Crippen molar-refractivity contribution in [2.45, 2.75) is 4.90 Å². The number of thiol groups is 1. The molecular weight excluding hydrogens is 261 g/mol. The van der Waals surface area contributed by atoms with E-state index in [0.29, 0.717) is 4.73 Å². The normalized spacial score (nSPS) is 10.3. The van der Waals surface area contributed by atoms with E-state index in [9.17, 15) is 5.21 Å². The van der Waals surface area contributed by atoms with E-state index in [2.05, 4.69) is 12.6 Å². The lowest BCUT2D eigenvalue weighted by molar-refractivity contribution is 0.179. The van der Waals surface area contributed by atoms with Crippen LogP contribution in [0.15, 0.2) is 4.90 Å². The summed E-state index contributed by atoms with van der Waals surface area (Å²) in [6.45, 7) is 0. The van der Waals surface area contributed by atoms with E-state index in [0.717, 1.165) is 0 Å².